The Bertz CT molecular complexity index is 298. The lowest BCUT2D eigenvalue weighted by Gasteiger charge is -1.76. The molecule has 0 atom stereocenters. The predicted molar refractivity (Wildman–Crippen MR) is 48.5 cm³/mol. The SMILES string of the molecule is Nc1cc2sc(N)cc2s1. The molecule has 0 saturated heterocycles. The Labute approximate surface area is 66.1 Å². The third kappa shape index (κ3) is 0.767. The molecule has 2 aromatic rings. The molecule has 4 N–H and O–H groups in total. The predicted octanol–water partition coefficient (Wildman–Crippen LogP) is 2.13. The Hall–Kier alpha value is -0.740. The fourth-order valence-corrected chi connectivity index (χ4v) is 2.82. The van der Waals surface area contributed by atoms with Crippen LogP contribution in [0.2, 0.25) is 0 Å². The molecule has 2 heterocycles. The zero-order valence-electron chi connectivity index (χ0n) is 5.13. The molecule has 0 aliphatic rings. The van der Waals surface area contributed by atoms with E-state index in [1.165, 1.54) is 9.40 Å². The van der Waals surface area contributed by atoms with Gasteiger partial charge in [0.05, 0.1) is 10.0 Å². The molecular weight excluding hydrogens is 164 g/mol. The quantitative estimate of drug-likeness (QED) is 0.636. The van der Waals surface area contributed by atoms with E-state index in [2.05, 4.69) is 0 Å². The van der Waals surface area contributed by atoms with Crippen LogP contribution in [0.5, 0.6) is 0 Å². The first-order valence-corrected chi connectivity index (χ1v) is 4.43. The van der Waals surface area contributed by atoms with Gasteiger partial charge in [-0.2, -0.15) is 0 Å². The highest BCUT2D eigenvalue weighted by Crippen LogP contribution is 2.35. The van der Waals surface area contributed by atoms with Crippen LogP contribution in [0.25, 0.3) is 9.40 Å². The van der Waals surface area contributed by atoms with Crippen molar-refractivity contribution in [3.8, 4) is 0 Å². The van der Waals surface area contributed by atoms with Gasteiger partial charge in [0.25, 0.3) is 0 Å². The largest absolute Gasteiger partial charge is 0.391 e. The number of hydrogen-bond donors (Lipinski definition) is 2. The highest BCUT2D eigenvalue weighted by Gasteiger charge is 2.01. The van der Waals surface area contributed by atoms with Crippen LogP contribution in [0, 0.1) is 0 Å². The van der Waals surface area contributed by atoms with Crippen molar-refractivity contribution >= 4 is 42.1 Å². The van der Waals surface area contributed by atoms with Crippen LogP contribution in [0.4, 0.5) is 10.0 Å². The summed E-state index contributed by atoms with van der Waals surface area (Å²) in [6.45, 7) is 0. The van der Waals surface area contributed by atoms with Gasteiger partial charge in [-0.25, -0.2) is 0 Å². The molecule has 10 heavy (non-hydrogen) atoms. The number of rotatable bonds is 0. The summed E-state index contributed by atoms with van der Waals surface area (Å²) in [6.07, 6.45) is 0. The smallest absolute Gasteiger partial charge is 0.0877 e. The summed E-state index contributed by atoms with van der Waals surface area (Å²) in [5.74, 6) is 0. The van der Waals surface area contributed by atoms with Crippen molar-refractivity contribution in [1.29, 1.82) is 0 Å². The average molecular weight is 170 g/mol. The second-order valence-corrected chi connectivity index (χ2v) is 4.26. The minimum absolute atomic E-state index is 0.862. The lowest BCUT2D eigenvalue weighted by Crippen LogP contribution is -1.74. The molecule has 52 valence electrons. The van der Waals surface area contributed by atoms with Crippen molar-refractivity contribution < 1.29 is 0 Å². The van der Waals surface area contributed by atoms with Crippen molar-refractivity contribution in [3.63, 3.8) is 0 Å². The molecule has 0 radical (unpaired) electrons. The summed E-state index contributed by atoms with van der Waals surface area (Å²) in [6, 6.07) is 3.92. The second-order valence-electron chi connectivity index (χ2n) is 2.03. The van der Waals surface area contributed by atoms with E-state index in [4.69, 9.17) is 11.5 Å². The Kier molecular flexibility index (Phi) is 1.12. The van der Waals surface area contributed by atoms with Crippen molar-refractivity contribution in [2.24, 2.45) is 0 Å². The molecule has 0 aromatic carbocycles. The summed E-state index contributed by atoms with van der Waals surface area (Å²) >= 11 is 3.16. The first-order chi connectivity index (χ1) is 4.75. The fourth-order valence-electron chi connectivity index (χ4n) is 0.873. The van der Waals surface area contributed by atoms with Gasteiger partial charge in [0.2, 0.25) is 0 Å². The van der Waals surface area contributed by atoms with Crippen LogP contribution in [-0.2, 0) is 0 Å². The maximum atomic E-state index is 5.57. The summed E-state index contributed by atoms with van der Waals surface area (Å²) < 4.78 is 2.39. The normalized spacial score (nSPS) is 10.8. The van der Waals surface area contributed by atoms with Gasteiger partial charge in [-0.1, -0.05) is 0 Å². The van der Waals surface area contributed by atoms with E-state index < -0.39 is 0 Å². The van der Waals surface area contributed by atoms with Gasteiger partial charge in [-0.3, -0.25) is 0 Å². The molecule has 2 nitrogen and oxygen atoms in total. The molecule has 0 unspecified atom stereocenters. The zero-order chi connectivity index (χ0) is 7.14. The topological polar surface area (TPSA) is 52.0 Å². The molecule has 4 heteroatoms. The van der Waals surface area contributed by atoms with Crippen LogP contribution in [0.3, 0.4) is 0 Å². The maximum Gasteiger partial charge on any atom is 0.0877 e. The van der Waals surface area contributed by atoms with Crippen LogP contribution in [0.15, 0.2) is 12.1 Å². The van der Waals surface area contributed by atoms with Gasteiger partial charge >= 0.3 is 0 Å². The van der Waals surface area contributed by atoms with Crippen LogP contribution >= 0.6 is 22.7 Å². The Balaban J connectivity index is 2.83. The third-order valence-electron chi connectivity index (χ3n) is 1.25. The molecule has 0 aliphatic heterocycles. The summed E-state index contributed by atoms with van der Waals surface area (Å²) in [5, 5.41) is 1.72. The number of thiophene rings is 2. The Morgan fingerprint density at radius 1 is 0.900 bits per heavy atom. The molecule has 0 saturated carbocycles. The Morgan fingerprint density at radius 2 is 1.30 bits per heavy atom. The first-order valence-electron chi connectivity index (χ1n) is 2.80. The molecule has 0 bridgehead atoms. The minimum Gasteiger partial charge on any atom is -0.391 e. The molecule has 0 aliphatic carbocycles. The van der Waals surface area contributed by atoms with Gasteiger partial charge in [0, 0.05) is 9.40 Å². The van der Waals surface area contributed by atoms with Crippen LogP contribution in [-0.4, -0.2) is 0 Å². The summed E-state index contributed by atoms with van der Waals surface area (Å²) in [7, 11) is 0. The third-order valence-corrected chi connectivity index (χ3v) is 3.20. The molecule has 2 aromatic heterocycles. The molecular formula is C6H6N2S2. The molecule has 0 fully saturated rings. The van der Waals surface area contributed by atoms with E-state index in [-0.39, 0.29) is 0 Å². The van der Waals surface area contributed by atoms with Crippen molar-refractivity contribution in [2.45, 2.75) is 0 Å². The standard InChI is InChI=1S/C6H6N2S2/c7-5-1-3-4(10-5)2-6(8)9-3/h1-2H,7-8H2. The fraction of sp³-hybridized carbons (Fsp3) is 0. The number of nitrogens with two attached hydrogens (primary N) is 2. The summed E-state index contributed by atoms with van der Waals surface area (Å²) in [5.41, 5.74) is 11.1. The molecule has 0 spiro atoms. The minimum atomic E-state index is 0.862. The van der Waals surface area contributed by atoms with E-state index in [1.807, 2.05) is 12.1 Å². The van der Waals surface area contributed by atoms with Gasteiger partial charge < -0.3 is 11.5 Å². The average Bonchev–Trinajstić information content (AvgIpc) is 2.21. The van der Waals surface area contributed by atoms with E-state index in [0.717, 1.165) is 10.0 Å². The van der Waals surface area contributed by atoms with Crippen molar-refractivity contribution in [3.05, 3.63) is 12.1 Å². The number of fused-ring (bicyclic) bond motifs is 1. The van der Waals surface area contributed by atoms with E-state index in [1.54, 1.807) is 22.7 Å². The van der Waals surface area contributed by atoms with E-state index >= 15 is 0 Å². The summed E-state index contributed by atoms with van der Waals surface area (Å²) in [4.78, 5) is 0. The lowest BCUT2D eigenvalue weighted by atomic mass is 10.5. The van der Waals surface area contributed by atoms with Gasteiger partial charge in [0.15, 0.2) is 0 Å². The molecule has 2 rings (SSSR count). The monoisotopic (exact) mass is 170 g/mol. The number of nitrogen functional groups attached to an aromatic ring is 2. The van der Waals surface area contributed by atoms with Crippen molar-refractivity contribution in [1.82, 2.24) is 0 Å². The van der Waals surface area contributed by atoms with E-state index in [9.17, 15) is 0 Å². The van der Waals surface area contributed by atoms with Gasteiger partial charge in [-0.15, -0.1) is 22.7 Å². The number of hydrogen-bond acceptors (Lipinski definition) is 4. The highest BCUT2D eigenvalue weighted by molar-refractivity contribution is 7.31. The van der Waals surface area contributed by atoms with Crippen LogP contribution in [0.1, 0.15) is 0 Å². The van der Waals surface area contributed by atoms with Gasteiger partial charge in [-0.05, 0) is 12.1 Å². The van der Waals surface area contributed by atoms with E-state index in [0.29, 0.717) is 0 Å². The Morgan fingerprint density at radius 3 is 1.70 bits per heavy atom. The maximum absolute atomic E-state index is 5.57. The first kappa shape index (κ1) is 6.00. The second kappa shape index (κ2) is 1.87. The zero-order valence-corrected chi connectivity index (χ0v) is 6.76. The molecule has 0 amide bonds. The van der Waals surface area contributed by atoms with Gasteiger partial charge in [0.1, 0.15) is 0 Å². The van der Waals surface area contributed by atoms with Crippen molar-refractivity contribution in [2.75, 3.05) is 11.5 Å². The number of anilines is 2. The lowest BCUT2D eigenvalue weighted by molar-refractivity contribution is 2.02. The van der Waals surface area contributed by atoms with Crippen LogP contribution < -0.4 is 11.5 Å². The highest BCUT2D eigenvalue weighted by atomic mass is 32.1.